The molecule has 1 N–H and O–H groups in total. The predicted molar refractivity (Wildman–Crippen MR) is 57.5 cm³/mol. The van der Waals surface area contributed by atoms with Gasteiger partial charge in [0, 0.05) is 5.69 Å². The van der Waals surface area contributed by atoms with Gasteiger partial charge in [-0.05, 0) is 17.9 Å². The van der Waals surface area contributed by atoms with Gasteiger partial charge in [-0.1, -0.05) is 0 Å². The number of rotatable bonds is 3. The van der Waals surface area contributed by atoms with E-state index in [1.54, 1.807) is 6.92 Å². The van der Waals surface area contributed by atoms with Gasteiger partial charge in [0.15, 0.2) is 5.69 Å². The summed E-state index contributed by atoms with van der Waals surface area (Å²) in [6, 6.07) is 2.47. The Labute approximate surface area is 99.9 Å². The fraction of sp³-hybridized carbons (Fsp3) is 0.111. The lowest BCUT2D eigenvalue weighted by Crippen LogP contribution is -2.09. The van der Waals surface area contributed by atoms with Crippen molar-refractivity contribution in [2.45, 2.75) is 6.92 Å². The average Bonchev–Trinajstić information content (AvgIpc) is 2.77. The van der Waals surface area contributed by atoms with Crippen LogP contribution in [0.25, 0.3) is 5.95 Å². The van der Waals surface area contributed by atoms with E-state index in [1.807, 2.05) is 0 Å². The fourth-order valence-electron chi connectivity index (χ4n) is 1.29. The second kappa shape index (κ2) is 4.20. The molecule has 0 bridgehead atoms. The summed E-state index contributed by atoms with van der Waals surface area (Å²) in [7, 11) is 0. The highest BCUT2D eigenvalue weighted by molar-refractivity contribution is 5.85. The Bertz CT molecular complexity index is 636. The van der Waals surface area contributed by atoms with Crippen molar-refractivity contribution >= 4 is 11.8 Å². The van der Waals surface area contributed by atoms with E-state index in [1.165, 1.54) is 18.3 Å². The van der Waals surface area contributed by atoms with Crippen LogP contribution in [0, 0.1) is 17.0 Å². The van der Waals surface area contributed by atoms with Gasteiger partial charge in [0.25, 0.3) is 5.95 Å². The summed E-state index contributed by atoms with van der Waals surface area (Å²) in [5.41, 5.74) is 0.228. The summed E-state index contributed by atoms with van der Waals surface area (Å²) >= 11 is 0. The van der Waals surface area contributed by atoms with Crippen molar-refractivity contribution in [3.8, 4) is 5.95 Å². The molecule has 2 aromatic heterocycles. The molecule has 0 spiro atoms. The van der Waals surface area contributed by atoms with Gasteiger partial charge in [0.2, 0.25) is 0 Å². The first-order valence-corrected chi connectivity index (χ1v) is 4.77. The van der Waals surface area contributed by atoms with Crippen LogP contribution in [0.15, 0.2) is 18.3 Å². The first-order chi connectivity index (χ1) is 8.47. The molecule has 9 heteroatoms. The normalized spacial score (nSPS) is 10.3. The molecule has 0 unspecified atom stereocenters. The summed E-state index contributed by atoms with van der Waals surface area (Å²) in [6.07, 6.45) is 1.29. The number of hydrogen-bond acceptors (Lipinski definition) is 6. The van der Waals surface area contributed by atoms with Crippen molar-refractivity contribution in [3.05, 3.63) is 39.8 Å². The van der Waals surface area contributed by atoms with E-state index < -0.39 is 10.9 Å². The van der Waals surface area contributed by atoms with Crippen molar-refractivity contribution in [2.75, 3.05) is 0 Å². The second-order valence-corrected chi connectivity index (χ2v) is 3.38. The predicted octanol–water partition coefficient (Wildman–Crippen LogP) is 0.577. The molecule has 0 saturated heterocycles. The van der Waals surface area contributed by atoms with Crippen molar-refractivity contribution in [1.29, 1.82) is 0 Å². The SMILES string of the molecule is Cc1cc(C(=O)O)nc(-n2ccc([N+](=O)[O-])n2)n1. The number of hydrogen-bond donors (Lipinski definition) is 1. The maximum atomic E-state index is 10.8. The van der Waals surface area contributed by atoms with Gasteiger partial charge in [0.05, 0.1) is 17.4 Å². The largest absolute Gasteiger partial charge is 0.477 e. The van der Waals surface area contributed by atoms with Gasteiger partial charge in [-0.2, -0.15) is 0 Å². The number of aromatic carboxylic acids is 1. The van der Waals surface area contributed by atoms with Crippen molar-refractivity contribution in [2.24, 2.45) is 0 Å². The molecular formula is C9H7N5O4. The number of aryl methyl sites for hydroxylation is 1. The smallest absolute Gasteiger partial charge is 0.390 e. The van der Waals surface area contributed by atoms with Crippen LogP contribution in [0.2, 0.25) is 0 Å². The molecule has 2 aromatic rings. The number of nitro groups is 1. The van der Waals surface area contributed by atoms with E-state index in [4.69, 9.17) is 5.11 Å². The van der Waals surface area contributed by atoms with Crippen molar-refractivity contribution < 1.29 is 14.8 Å². The van der Waals surface area contributed by atoms with E-state index in [0.29, 0.717) is 5.69 Å². The van der Waals surface area contributed by atoms with Crippen LogP contribution in [0.3, 0.4) is 0 Å². The van der Waals surface area contributed by atoms with E-state index in [0.717, 1.165) is 4.68 Å². The highest BCUT2D eigenvalue weighted by Crippen LogP contribution is 2.10. The maximum Gasteiger partial charge on any atom is 0.390 e. The zero-order valence-electron chi connectivity index (χ0n) is 9.14. The molecule has 0 aliphatic carbocycles. The zero-order valence-corrected chi connectivity index (χ0v) is 9.14. The van der Waals surface area contributed by atoms with Crippen LogP contribution in [-0.4, -0.2) is 35.7 Å². The first-order valence-electron chi connectivity index (χ1n) is 4.77. The summed E-state index contributed by atoms with van der Waals surface area (Å²) in [4.78, 5) is 28.3. The molecule has 0 aliphatic rings. The molecule has 2 heterocycles. The standard InChI is InChI=1S/C9H7N5O4/c1-5-4-6(8(15)16)11-9(10-5)13-3-2-7(12-13)14(17)18/h2-4H,1H3,(H,15,16). The Kier molecular flexibility index (Phi) is 2.72. The number of carboxylic acid groups (broad SMARTS) is 1. The second-order valence-electron chi connectivity index (χ2n) is 3.38. The maximum absolute atomic E-state index is 10.8. The van der Waals surface area contributed by atoms with Crippen molar-refractivity contribution in [1.82, 2.24) is 19.7 Å². The lowest BCUT2D eigenvalue weighted by atomic mass is 10.3. The molecule has 0 saturated carbocycles. The Balaban J connectivity index is 2.49. The number of carboxylic acids is 1. The van der Waals surface area contributed by atoms with E-state index >= 15 is 0 Å². The summed E-state index contributed by atoms with van der Waals surface area (Å²) in [5, 5.41) is 22.9. The number of nitrogens with zero attached hydrogens (tertiary/aromatic N) is 5. The van der Waals surface area contributed by atoms with Crippen LogP contribution >= 0.6 is 0 Å². The van der Waals surface area contributed by atoms with Gasteiger partial charge in [-0.3, -0.25) is 0 Å². The number of carbonyl (C=O) groups is 1. The third-order valence-electron chi connectivity index (χ3n) is 2.03. The van der Waals surface area contributed by atoms with E-state index in [2.05, 4.69) is 15.1 Å². The van der Waals surface area contributed by atoms with Crippen LogP contribution in [-0.2, 0) is 0 Å². The topological polar surface area (TPSA) is 124 Å². The molecule has 0 aromatic carbocycles. The van der Waals surface area contributed by atoms with E-state index in [9.17, 15) is 14.9 Å². The van der Waals surface area contributed by atoms with Crippen LogP contribution < -0.4 is 0 Å². The summed E-state index contributed by atoms with van der Waals surface area (Å²) < 4.78 is 1.05. The molecule has 0 amide bonds. The van der Waals surface area contributed by atoms with Gasteiger partial charge in [0.1, 0.15) is 0 Å². The van der Waals surface area contributed by atoms with Crippen LogP contribution in [0.5, 0.6) is 0 Å². The zero-order chi connectivity index (χ0) is 13.3. The quantitative estimate of drug-likeness (QED) is 0.622. The molecular weight excluding hydrogens is 242 g/mol. The monoisotopic (exact) mass is 249 g/mol. The highest BCUT2D eigenvalue weighted by Gasteiger charge is 2.16. The highest BCUT2D eigenvalue weighted by atomic mass is 16.6. The number of aromatic nitrogens is 4. The summed E-state index contributed by atoms with van der Waals surface area (Å²) in [5.74, 6) is -1.60. The Morgan fingerprint density at radius 1 is 1.50 bits per heavy atom. The molecule has 18 heavy (non-hydrogen) atoms. The Morgan fingerprint density at radius 2 is 2.22 bits per heavy atom. The lowest BCUT2D eigenvalue weighted by Gasteiger charge is -1.99. The molecule has 0 aliphatic heterocycles. The first kappa shape index (κ1) is 11.6. The van der Waals surface area contributed by atoms with Gasteiger partial charge in [-0.25, -0.2) is 14.8 Å². The third kappa shape index (κ3) is 2.14. The lowest BCUT2D eigenvalue weighted by molar-refractivity contribution is -0.389. The third-order valence-corrected chi connectivity index (χ3v) is 2.03. The average molecular weight is 249 g/mol. The van der Waals surface area contributed by atoms with Crippen molar-refractivity contribution in [3.63, 3.8) is 0 Å². The van der Waals surface area contributed by atoms with Gasteiger partial charge < -0.3 is 15.2 Å². The fourth-order valence-corrected chi connectivity index (χ4v) is 1.29. The minimum absolute atomic E-state index is 0.0273. The van der Waals surface area contributed by atoms with Gasteiger partial charge >= 0.3 is 11.8 Å². The Morgan fingerprint density at radius 3 is 2.78 bits per heavy atom. The summed E-state index contributed by atoms with van der Waals surface area (Å²) in [6.45, 7) is 1.59. The van der Waals surface area contributed by atoms with Gasteiger partial charge in [-0.15, -0.1) is 4.68 Å². The molecule has 2 rings (SSSR count). The Hall–Kier alpha value is -2.84. The molecule has 0 radical (unpaired) electrons. The molecule has 92 valence electrons. The molecule has 9 nitrogen and oxygen atoms in total. The minimum atomic E-state index is -1.21. The van der Waals surface area contributed by atoms with Crippen LogP contribution in [0.4, 0.5) is 5.82 Å². The minimum Gasteiger partial charge on any atom is -0.477 e. The van der Waals surface area contributed by atoms with E-state index in [-0.39, 0.29) is 17.5 Å². The molecule has 0 atom stereocenters. The molecule has 0 fully saturated rings. The van der Waals surface area contributed by atoms with Crippen LogP contribution in [0.1, 0.15) is 16.2 Å².